The van der Waals surface area contributed by atoms with E-state index in [9.17, 15) is 19.2 Å². The van der Waals surface area contributed by atoms with E-state index in [1.54, 1.807) is 25.1 Å². The quantitative estimate of drug-likeness (QED) is 0.369. The number of amides is 3. The fourth-order valence-corrected chi connectivity index (χ4v) is 6.42. The summed E-state index contributed by atoms with van der Waals surface area (Å²) in [4.78, 5) is 52.7. The number of thioether (sulfide) groups is 1. The number of hydrogen-bond acceptors (Lipinski definition) is 7. The standard InChI is InChI=1S/C23H20Cl2N2O5S2/c1-2-32-22(30)19-12-6-3-4-9-16(12)33-20(19)26-18(28)11-27-21(29)17(34-23(27)31)10-13-14(24)7-5-8-15(13)25/h5,7-8,10H,2-4,6,9,11H2,1H3,(H,26,28)/b17-10-. The molecule has 1 aliphatic carbocycles. The van der Waals surface area contributed by atoms with Crippen LogP contribution in [0.3, 0.4) is 0 Å². The van der Waals surface area contributed by atoms with Crippen molar-refractivity contribution in [2.45, 2.75) is 32.6 Å². The lowest BCUT2D eigenvalue weighted by Crippen LogP contribution is -2.36. The van der Waals surface area contributed by atoms with Gasteiger partial charge in [0.15, 0.2) is 0 Å². The highest BCUT2D eigenvalue weighted by molar-refractivity contribution is 8.18. The third-order valence-electron chi connectivity index (χ3n) is 5.35. The average molecular weight is 539 g/mol. The number of carbonyl (C=O) groups is 4. The molecule has 2 aliphatic rings. The Bertz CT molecular complexity index is 1200. The fourth-order valence-electron chi connectivity index (χ4n) is 3.80. The first-order valence-corrected chi connectivity index (χ1v) is 13.0. The molecule has 0 saturated carbocycles. The molecule has 11 heteroatoms. The first kappa shape index (κ1) is 24.8. The molecule has 1 aliphatic heterocycles. The maximum Gasteiger partial charge on any atom is 0.341 e. The summed E-state index contributed by atoms with van der Waals surface area (Å²) in [6, 6.07) is 4.92. The van der Waals surface area contributed by atoms with E-state index in [1.165, 1.54) is 17.4 Å². The molecule has 3 amide bonds. The molecule has 1 N–H and O–H groups in total. The first-order valence-electron chi connectivity index (χ1n) is 10.6. The van der Waals surface area contributed by atoms with Gasteiger partial charge in [0.1, 0.15) is 11.5 Å². The highest BCUT2D eigenvalue weighted by Crippen LogP contribution is 2.39. The number of rotatable bonds is 6. The van der Waals surface area contributed by atoms with Crippen LogP contribution in [0.2, 0.25) is 10.0 Å². The summed E-state index contributed by atoms with van der Waals surface area (Å²) in [5.74, 6) is -1.68. The summed E-state index contributed by atoms with van der Waals surface area (Å²) in [6.07, 6.45) is 5.00. The van der Waals surface area contributed by atoms with Crippen LogP contribution in [0.5, 0.6) is 0 Å². The summed E-state index contributed by atoms with van der Waals surface area (Å²) in [7, 11) is 0. The molecule has 0 atom stereocenters. The van der Waals surface area contributed by atoms with Crippen LogP contribution in [0.15, 0.2) is 23.1 Å². The number of anilines is 1. The predicted molar refractivity (Wildman–Crippen MR) is 135 cm³/mol. The van der Waals surface area contributed by atoms with Gasteiger partial charge in [0.25, 0.3) is 11.1 Å². The summed E-state index contributed by atoms with van der Waals surface area (Å²) in [5.41, 5.74) is 1.71. The smallest absolute Gasteiger partial charge is 0.341 e. The topological polar surface area (TPSA) is 92.8 Å². The van der Waals surface area contributed by atoms with Crippen molar-refractivity contribution < 1.29 is 23.9 Å². The van der Waals surface area contributed by atoms with E-state index < -0.39 is 29.6 Å². The Labute approximate surface area is 214 Å². The number of halogens is 2. The molecular formula is C23H20Cl2N2O5S2. The lowest BCUT2D eigenvalue weighted by Gasteiger charge is -2.13. The molecule has 1 fully saturated rings. The average Bonchev–Trinajstić information content (AvgIpc) is 3.28. The Morgan fingerprint density at radius 2 is 1.88 bits per heavy atom. The summed E-state index contributed by atoms with van der Waals surface area (Å²) in [6.45, 7) is 1.46. The van der Waals surface area contributed by atoms with E-state index in [2.05, 4.69) is 5.32 Å². The van der Waals surface area contributed by atoms with Gasteiger partial charge >= 0.3 is 5.97 Å². The van der Waals surface area contributed by atoms with Gasteiger partial charge in [0, 0.05) is 20.5 Å². The van der Waals surface area contributed by atoms with Gasteiger partial charge in [-0.25, -0.2) is 4.79 Å². The molecule has 2 aromatic rings. The predicted octanol–water partition coefficient (Wildman–Crippen LogP) is 5.79. The number of imide groups is 1. The SMILES string of the molecule is CCOC(=O)c1c(NC(=O)CN2C(=O)S/C(=C\c3c(Cl)cccc3Cl)C2=O)sc2c1CCCC2. The highest BCUT2D eigenvalue weighted by atomic mass is 35.5. The van der Waals surface area contributed by atoms with Crippen molar-refractivity contribution >= 4 is 80.4 Å². The molecule has 0 unspecified atom stereocenters. The van der Waals surface area contributed by atoms with Crippen LogP contribution < -0.4 is 5.32 Å². The number of hydrogen-bond donors (Lipinski definition) is 1. The summed E-state index contributed by atoms with van der Waals surface area (Å²) >= 11 is 14.4. The second-order valence-corrected chi connectivity index (χ2v) is 10.5. The second kappa shape index (κ2) is 10.5. The van der Waals surface area contributed by atoms with Gasteiger partial charge in [-0.05, 0) is 68.1 Å². The van der Waals surface area contributed by atoms with Crippen LogP contribution >= 0.6 is 46.3 Å². The van der Waals surface area contributed by atoms with Crippen LogP contribution in [0.1, 0.15) is 46.1 Å². The number of nitrogens with zero attached hydrogens (tertiary/aromatic N) is 1. The van der Waals surface area contributed by atoms with Crippen molar-refractivity contribution in [2.24, 2.45) is 0 Å². The lowest BCUT2D eigenvalue weighted by atomic mass is 9.95. The van der Waals surface area contributed by atoms with E-state index in [-0.39, 0.29) is 11.5 Å². The van der Waals surface area contributed by atoms with Crippen LogP contribution in [0.25, 0.3) is 6.08 Å². The van der Waals surface area contributed by atoms with Crippen LogP contribution in [0.4, 0.5) is 9.80 Å². The Morgan fingerprint density at radius 3 is 2.59 bits per heavy atom. The van der Waals surface area contributed by atoms with E-state index in [1.807, 2.05) is 0 Å². The number of thiophene rings is 1. The third-order valence-corrected chi connectivity index (χ3v) is 8.13. The zero-order chi connectivity index (χ0) is 24.4. The normalized spacial score (nSPS) is 16.7. The molecular weight excluding hydrogens is 519 g/mol. The molecule has 0 spiro atoms. The van der Waals surface area contributed by atoms with Crippen LogP contribution in [-0.2, 0) is 27.2 Å². The minimum absolute atomic E-state index is 0.117. The van der Waals surface area contributed by atoms with Crippen LogP contribution in [0, 0.1) is 0 Å². The minimum atomic E-state index is -0.614. The van der Waals surface area contributed by atoms with E-state index in [0.717, 1.165) is 41.0 Å². The van der Waals surface area contributed by atoms with Crippen molar-refractivity contribution in [3.8, 4) is 0 Å². The molecule has 2 heterocycles. The summed E-state index contributed by atoms with van der Waals surface area (Å²) < 4.78 is 5.20. The Morgan fingerprint density at radius 1 is 1.18 bits per heavy atom. The molecule has 7 nitrogen and oxygen atoms in total. The Balaban J connectivity index is 1.52. The van der Waals surface area contributed by atoms with Crippen molar-refractivity contribution in [1.29, 1.82) is 0 Å². The molecule has 1 aromatic heterocycles. The number of ether oxygens (including phenoxy) is 1. The molecule has 34 heavy (non-hydrogen) atoms. The van der Waals surface area contributed by atoms with Crippen molar-refractivity contribution in [3.63, 3.8) is 0 Å². The monoisotopic (exact) mass is 538 g/mol. The Hall–Kier alpha value is -2.33. The number of aryl methyl sites for hydroxylation is 1. The van der Waals surface area contributed by atoms with Gasteiger partial charge in [-0.15, -0.1) is 11.3 Å². The maximum absolute atomic E-state index is 12.8. The number of fused-ring (bicyclic) bond motifs is 1. The van der Waals surface area contributed by atoms with Crippen molar-refractivity contribution in [1.82, 2.24) is 4.90 Å². The second-order valence-electron chi connectivity index (χ2n) is 7.59. The highest BCUT2D eigenvalue weighted by Gasteiger charge is 2.37. The van der Waals surface area contributed by atoms with Crippen molar-refractivity contribution in [3.05, 3.63) is 54.7 Å². The number of benzene rings is 1. The van der Waals surface area contributed by atoms with Gasteiger partial charge in [0.05, 0.1) is 17.1 Å². The van der Waals surface area contributed by atoms with Gasteiger partial charge in [-0.1, -0.05) is 29.3 Å². The Kier molecular flexibility index (Phi) is 7.67. The largest absolute Gasteiger partial charge is 0.462 e. The van der Waals surface area contributed by atoms with Gasteiger partial charge in [-0.2, -0.15) is 0 Å². The van der Waals surface area contributed by atoms with Gasteiger partial charge in [-0.3, -0.25) is 19.3 Å². The molecule has 0 radical (unpaired) electrons. The van der Waals surface area contributed by atoms with E-state index in [0.29, 0.717) is 37.9 Å². The zero-order valence-electron chi connectivity index (χ0n) is 18.1. The fraction of sp³-hybridized carbons (Fsp3) is 0.304. The number of esters is 1. The zero-order valence-corrected chi connectivity index (χ0v) is 21.3. The van der Waals surface area contributed by atoms with E-state index in [4.69, 9.17) is 27.9 Å². The molecule has 4 rings (SSSR count). The first-order chi connectivity index (χ1) is 16.3. The van der Waals surface area contributed by atoms with Gasteiger partial charge in [0.2, 0.25) is 5.91 Å². The lowest BCUT2D eigenvalue weighted by molar-refractivity contribution is -0.127. The molecule has 0 bridgehead atoms. The van der Waals surface area contributed by atoms with E-state index >= 15 is 0 Å². The van der Waals surface area contributed by atoms with Gasteiger partial charge < -0.3 is 10.1 Å². The number of carbonyl (C=O) groups excluding carboxylic acids is 4. The third kappa shape index (κ3) is 5.02. The number of nitrogens with one attached hydrogen (secondary N) is 1. The minimum Gasteiger partial charge on any atom is -0.462 e. The molecule has 1 aromatic carbocycles. The van der Waals surface area contributed by atoms with Crippen molar-refractivity contribution in [2.75, 3.05) is 18.5 Å². The maximum atomic E-state index is 12.8. The summed E-state index contributed by atoms with van der Waals surface area (Å²) in [5, 5.41) is 3.21. The molecule has 178 valence electrons. The molecule has 1 saturated heterocycles. The van der Waals surface area contributed by atoms with Crippen LogP contribution in [-0.4, -0.2) is 41.1 Å².